The smallest absolute Gasteiger partial charge is 0.309 e. The predicted octanol–water partition coefficient (Wildman–Crippen LogP) is 0.550. The second-order valence-electron chi connectivity index (χ2n) is 4.50. The molecule has 0 radical (unpaired) electrons. The van der Waals surface area contributed by atoms with Crippen LogP contribution in [0.4, 0.5) is 0 Å². The predicted molar refractivity (Wildman–Crippen MR) is 56.1 cm³/mol. The molecule has 0 aromatic heterocycles. The summed E-state index contributed by atoms with van der Waals surface area (Å²) in [5.41, 5.74) is 0. The molecule has 0 N–H and O–H groups in total. The Morgan fingerprint density at radius 2 is 1.88 bits per heavy atom. The molecule has 2 fully saturated rings. The standard InChI is InChI=1S/C10H16O5S/c1-3-14-10(11)9-7-4-6(5-8(7)9)15-16(2,12)13/h6-9H,3-5H2,1-2H3. The van der Waals surface area contributed by atoms with Crippen molar-refractivity contribution in [3.05, 3.63) is 0 Å². The summed E-state index contributed by atoms with van der Waals surface area (Å²) < 4.78 is 31.7. The highest BCUT2D eigenvalue weighted by molar-refractivity contribution is 7.86. The average Bonchev–Trinajstić information content (AvgIpc) is 2.62. The number of carbonyl (C=O) groups excluding carboxylic acids is 1. The number of esters is 1. The van der Waals surface area contributed by atoms with E-state index in [1.165, 1.54) is 0 Å². The second kappa shape index (κ2) is 4.00. The maximum atomic E-state index is 11.4. The van der Waals surface area contributed by atoms with Crippen molar-refractivity contribution in [2.45, 2.75) is 25.9 Å². The van der Waals surface area contributed by atoms with Gasteiger partial charge in [0.1, 0.15) is 0 Å². The van der Waals surface area contributed by atoms with Crippen molar-refractivity contribution in [1.29, 1.82) is 0 Å². The Morgan fingerprint density at radius 1 is 1.31 bits per heavy atom. The molecular formula is C10H16O5S. The van der Waals surface area contributed by atoms with Crippen molar-refractivity contribution in [2.75, 3.05) is 12.9 Å². The molecule has 0 spiro atoms. The first-order chi connectivity index (χ1) is 7.42. The van der Waals surface area contributed by atoms with Gasteiger partial charge in [-0.1, -0.05) is 0 Å². The van der Waals surface area contributed by atoms with Gasteiger partial charge in [-0.2, -0.15) is 8.42 Å². The molecular weight excluding hydrogens is 232 g/mol. The number of rotatable bonds is 4. The van der Waals surface area contributed by atoms with Crippen molar-refractivity contribution >= 4 is 16.1 Å². The molecule has 2 aliphatic carbocycles. The number of fused-ring (bicyclic) bond motifs is 1. The van der Waals surface area contributed by atoms with Crippen LogP contribution < -0.4 is 0 Å². The van der Waals surface area contributed by atoms with Gasteiger partial charge in [-0.25, -0.2) is 0 Å². The maximum absolute atomic E-state index is 11.4. The lowest BCUT2D eigenvalue weighted by atomic mass is 10.1. The van der Waals surface area contributed by atoms with Gasteiger partial charge in [-0.15, -0.1) is 0 Å². The molecule has 0 amide bonds. The molecule has 0 heterocycles. The fourth-order valence-electron chi connectivity index (χ4n) is 2.70. The zero-order chi connectivity index (χ0) is 11.9. The van der Waals surface area contributed by atoms with E-state index in [-0.39, 0.29) is 29.8 Å². The van der Waals surface area contributed by atoms with Gasteiger partial charge in [0.2, 0.25) is 0 Å². The minimum atomic E-state index is -3.37. The van der Waals surface area contributed by atoms with Gasteiger partial charge in [0.05, 0.1) is 24.9 Å². The molecule has 2 unspecified atom stereocenters. The zero-order valence-corrected chi connectivity index (χ0v) is 10.2. The SMILES string of the molecule is CCOC(=O)C1C2CC(OS(C)(=O)=O)CC21. The van der Waals surface area contributed by atoms with Gasteiger partial charge in [-0.05, 0) is 31.6 Å². The summed E-state index contributed by atoms with van der Waals surface area (Å²) in [4.78, 5) is 11.4. The van der Waals surface area contributed by atoms with Crippen molar-refractivity contribution in [3.8, 4) is 0 Å². The lowest BCUT2D eigenvalue weighted by Gasteiger charge is -2.12. The van der Waals surface area contributed by atoms with E-state index in [1.54, 1.807) is 6.92 Å². The zero-order valence-electron chi connectivity index (χ0n) is 9.38. The summed E-state index contributed by atoms with van der Waals surface area (Å²) in [6, 6.07) is 0. The van der Waals surface area contributed by atoms with Crippen LogP contribution in [-0.4, -0.2) is 33.4 Å². The highest BCUT2D eigenvalue weighted by Crippen LogP contribution is 2.58. The Morgan fingerprint density at radius 3 is 2.31 bits per heavy atom. The number of hydrogen-bond acceptors (Lipinski definition) is 5. The van der Waals surface area contributed by atoms with Crippen molar-refractivity contribution in [3.63, 3.8) is 0 Å². The van der Waals surface area contributed by atoms with Gasteiger partial charge < -0.3 is 4.74 Å². The first kappa shape index (κ1) is 11.9. The van der Waals surface area contributed by atoms with Crippen LogP contribution in [0.25, 0.3) is 0 Å². The second-order valence-corrected chi connectivity index (χ2v) is 6.10. The third kappa shape index (κ3) is 2.38. The minimum Gasteiger partial charge on any atom is -0.466 e. The van der Waals surface area contributed by atoms with E-state index in [1.807, 2.05) is 0 Å². The Hall–Kier alpha value is -0.620. The Kier molecular flexibility index (Phi) is 2.96. The number of ether oxygens (including phenoxy) is 1. The highest BCUT2D eigenvalue weighted by Gasteiger charge is 2.61. The van der Waals surface area contributed by atoms with Crippen molar-refractivity contribution < 1.29 is 22.1 Å². The van der Waals surface area contributed by atoms with Gasteiger partial charge in [0.15, 0.2) is 0 Å². The Bertz CT molecular complexity index is 376. The van der Waals surface area contributed by atoms with Gasteiger partial charge in [0, 0.05) is 0 Å². The van der Waals surface area contributed by atoms with E-state index < -0.39 is 10.1 Å². The summed E-state index contributed by atoms with van der Waals surface area (Å²) in [6.45, 7) is 2.18. The molecule has 2 aliphatic rings. The minimum absolute atomic E-state index is 0.0145. The van der Waals surface area contributed by atoms with Crippen LogP contribution >= 0.6 is 0 Å². The molecule has 16 heavy (non-hydrogen) atoms. The Balaban J connectivity index is 1.82. The number of hydrogen-bond donors (Lipinski definition) is 0. The summed E-state index contributed by atoms with van der Waals surface area (Å²) in [5, 5.41) is 0. The molecule has 92 valence electrons. The molecule has 0 aromatic rings. The van der Waals surface area contributed by atoms with E-state index in [0.717, 1.165) is 6.26 Å². The quantitative estimate of drug-likeness (QED) is 0.537. The lowest BCUT2D eigenvalue weighted by molar-refractivity contribution is -0.145. The van der Waals surface area contributed by atoms with Crippen LogP contribution in [0.3, 0.4) is 0 Å². The molecule has 0 aliphatic heterocycles. The molecule has 0 aromatic carbocycles. The summed E-state index contributed by atoms with van der Waals surface area (Å²) >= 11 is 0. The summed E-state index contributed by atoms with van der Waals surface area (Å²) in [6.07, 6.45) is 2.12. The highest BCUT2D eigenvalue weighted by atomic mass is 32.2. The molecule has 0 bridgehead atoms. The third-order valence-corrected chi connectivity index (χ3v) is 3.89. The molecule has 5 nitrogen and oxygen atoms in total. The average molecular weight is 248 g/mol. The fourth-order valence-corrected chi connectivity index (χ4v) is 3.36. The molecule has 2 atom stereocenters. The van der Waals surface area contributed by atoms with Crippen LogP contribution in [0.15, 0.2) is 0 Å². The first-order valence-electron chi connectivity index (χ1n) is 5.47. The summed E-state index contributed by atoms with van der Waals surface area (Å²) in [5.74, 6) is 0.381. The van der Waals surface area contributed by atoms with Crippen LogP contribution in [-0.2, 0) is 23.8 Å². The van der Waals surface area contributed by atoms with Crippen LogP contribution in [0.1, 0.15) is 19.8 Å². The van der Waals surface area contributed by atoms with Crippen LogP contribution in [0.5, 0.6) is 0 Å². The molecule has 2 rings (SSSR count). The van der Waals surface area contributed by atoms with E-state index in [4.69, 9.17) is 8.92 Å². The molecule has 0 saturated heterocycles. The van der Waals surface area contributed by atoms with Gasteiger partial charge in [0.25, 0.3) is 10.1 Å². The number of carbonyl (C=O) groups is 1. The maximum Gasteiger partial charge on any atom is 0.309 e. The third-order valence-electron chi connectivity index (χ3n) is 3.27. The van der Waals surface area contributed by atoms with E-state index in [0.29, 0.717) is 19.4 Å². The van der Waals surface area contributed by atoms with Crippen molar-refractivity contribution in [1.82, 2.24) is 0 Å². The monoisotopic (exact) mass is 248 g/mol. The van der Waals surface area contributed by atoms with E-state index >= 15 is 0 Å². The largest absolute Gasteiger partial charge is 0.466 e. The summed E-state index contributed by atoms with van der Waals surface area (Å²) in [7, 11) is -3.37. The van der Waals surface area contributed by atoms with Crippen LogP contribution in [0.2, 0.25) is 0 Å². The first-order valence-corrected chi connectivity index (χ1v) is 7.29. The van der Waals surface area contributed by atoms with Gasteiger partial charge in [-0.3, -0.25) is 8.98 Å². The van der Waals surface area contributed by atoms with Crippen molar-refractivity contribution in [2.24, 2.45) is 17.8 Å². The normalized spacial score (nSPS) is 36.9. The van der Waals surface area contributed by atoms with E-state index in [2.05, 4.69) is 0 Å². The van der Waals surface area contributed by atoms with Gasteiger partial charge >= 0.3 is 5.97 Å². The molecule has 2 saturated carbocycles. The van der Waals surface area contributed by atoms with Crippen LogP contribution in [0, 0.1) is 17.8 Å². The fraction of sp³-hybridized carbons (Fsp3) is 0.900. The Labute approximate surface area is 95.2 Å². The lowest BCUT2D eigenvalue weighted by Crippen LogP contribution is -2.19. The topological polar surface area (TPSA) is 69.7 Å². The van der Waals surface area contributed by atoms with E-state index in [9.17, 15) is 13.2 Å². The molecule has 6 heteroatoms.